The maximum absolute atomic E-state index is 12.5. The number of H-pyrrole nitrogens is 1. The minimum atomic E-state index is -0.787. The molecule has 0 saturated heterocycles. The lowest BCUT2D eigenvalue weighted by Crippen LogP contribution is -2.49. The molecule has 0 spiro atoms. The minimum Gasteiger partial charge on any atom is -0.391 e. The van der Waals surface area contributed by atoms with Gasteiger partial charge in [-0.05, 0) is 49.8 Å². The van der Waals surface area contributed by atoms with Gasteiger partial charge in [0.25, 0.3) is 5.91 Å². The number of aliphatic hydroxyl groups excluding tert-OH is 1. The molecular formula is C22H26N4O3. The van der Waals surface area contributed by atoms with Crippen LogP contribution in [0.1, 0.15) is 46.4 Å². The van der Waals surface area contributed by atoms with Crippen LogP contribution in [0.3, 0.4) is 0 Å². The lowest BCUT2D eigenvalue weighted by molar-refractivity contribution is -0.127. The summed E-state index contributed by atoms with van der Waals surface area (Å²) < 4.78 is 0. The minimum absolute atomic E-state index is 0.0505. The summed E-state index contributed by atoms with van der Waals surface area (Å²) in [6.45, 7) is 2.61. The molecular weight excluding hydrogens is 368 g/mol. The largest absolute Gasteiger partial charge is 0.391 e. The average Bonchev–Trinajstić information content (AvgIpc) is 3.20. The zero-order chi connectivity index (χ0) is 20.8. The van der Waals surface area contributed by atoms with Gasteiger partial charge in [-0.2, -0.15) is 5.26 Å². The van der Waals surface area contributed by atoms with Gasteiger partial charge in [-0.15, -0.1) is 0 Å². The van der Waals surface area contributed by atoms with E-state index in [4.69, 9.17) is 5.26 Å². The van der Waals surface area contributed by atoms with Crippen LogP contribution in [0.5, 0.6) is 0 Å². The first-order valence-corrected chi connectivity index (χ1v) is 9.87. The number of carbonyl (C=O) groups excluding carboxylic acids is 2. The fourth-order valence-electron chi connectivity index (χ4n) is 3.74. The highest BCUT2D eigenvalue weighted by molar-refractivity contribution is 5.93. The molecule has 0 unspecified atom stereocenters. The van der Waals surface area contributed by atoms with Gasteiger partial charge in [0, 0.05) is 18.7 Å². The standard InChI is InChI=1S/C22H26N4O3/c1-14-4-2-3-5-16(14)8-9-24-21(28)17-6-7-18(20(27)11-17)26-22(29)19-10-15(12-23)13-25-19/h2-5,10,13,17-18,20,25,27H,6-9,11H2,1H3,(H,24,28)(H,26,29)/t17-,18-,20-/m0/s1. The van der Waals surface area contributed by atoms with Crippen molar-refractivity contribution in [1.82, 2.24) is 15.6 Å². The molecule has 1 aromatic heterocycles. The van der Waals surface area contributed by atoms with Crippen LogP contribution in [0.25, 0.3) is 0 Å². The van der Waals surface area contributed by atoms with Crippen LogP contribution in [0.15, 0.2) is 36.5 Å². The maximum Gasteiger partial charge on any atom is 0.268 e. The van der Waals surface area contributed by atoms with E-state index in [1.807, 2.05) is 18.2 Å². The fourth-order valence-corrected chi connectivity index (χ4v) is 3.74. The summed E-state index contributed by atoms with van der Waals surface area (Å²) in [5.74, 6) is -0.673. The third-order valence-corrected chi connectivity index (χ3v) is 5.52. The first kappa shape index (κ1) is 20.6. The molecule has 4 N–H and O–H groups in total. The van der Waals surface area contributed by atoms with E-state index in [2.05, 4.69) is 34.7 Å². The van der Waals surface area contributed by atoms with Crippen molar-refractivity contribution in [3.05, 3.63) is 58.9 Å². The Morgan fingerprint density at radius 1 is 1.31 bits per heavy atom. The van der Waals surface area contributed by atoms with Crippen LogP contribution in [-0.2, 0) is 11.2 Å². The summed E-state index contributed by atoms with van der Waals surface area (Å²) in [5.41, 5.74) is 3.08. The number of hydrogen-bond donors (Lipinski definition) is 4. The van der Waals surface area contributed by atoms with E-state index in [0.717, 1.165) is 6.42 Å². The topological polar surface area (TPSA) is 118 Å². The fraction of sp³-hybridized carbons (Fsp3) is 0.409. The van der Waals surface area contributed by atoms with Crippen LogP contribution in [0.4, 0.5) is 0 Å². The molecule has 152 valence electrons. The number of carbonyl (C=O) groups is 2. The van der Waals surface area contributed by atoms with Crippen molar-refractivity contribution in [3.63, 3.8) is 0 Å². The van der Waals surface area contributed by atoms with Crippen LogP contribution >= 0.6 is 0 Å². The number of aromatic amines is 1. The number of benzene rings is 1. The van der Waals surface area contributed by atoms with Crippen molar-refractivity contribution in [1.29, 1.82) is 5.26 Å². The Balaban J connectivity index is 1.45. The maximum atomic E-state index is 12.5. The lowest BCUT2D eigenvalue weighted by atomic mass is 9.83. The van der Waals surface area contributed by atoms with Crippen molar-refractivity contribution >= 4 is 11.8 Å². The molecule has 7 heteroatoms. The number of nitrogens with one attached hydrogen (secondary N) is 3. The number of amides is 2. The van der Waals surface area contributed by atoms with E-state index in [1.54, 1.807) is 0 Å². The molecule has 7 nitrogen and oxygen atoms in total. The van der Waals surface area contributed by atoms with Gasteiger partial charge in [-0.1, -0.05) is 24.3 Å². The van der Waals surface area contributed by atoms with Crippen LogP contribution < -0.4 is 10.6 Å². The molecule has 3 atom stereocenters. The monoisotopic (exact) mass is 394 g/mol. The summed E-state index contributed by atoms with van der Waals surface area (Å²) in [5, 5.41) is 25.0. The Morgan fingerprint density at radius 3 is 2.79 bits per heavy atom. The Morgan fingerprint density at radius 2 is 2.10 bits per heavy atom. The zero-order valence-electron chi connectivity index (χ0n) is 16.4. The van der Waals surface area contributed by atoms with E-state index in [1.165, 1.54) is 23.4 Å². The smallest absolute Gasteiger partial charge is 0.268 e. The molecule has 1 aliphatic rings. The highest BCUT2D eigenvalue weighted by Crippen LogP contribution is 2.25. The van der Waals surface area contributed by atoms with Crippen molar-refractivity contribution in [2.45, 2.75) is 44.8 Å². The number of aromatic nitrogens is 1. The van der Waals surface area contributed by atoms with Crippen LogP contribution in [-0.4, -0.2) is 40.6 Å². The number of rotatable bonds is 6. The van der Waals surface area contributed by atoms with Gasteiger partial charge in [0.15, 0.2) is 0 Å². The molecule has 1 saturated carbocycles. The Bertz CT molecular complexity index is 915. The summed E-state index contributed by atoms with van der Waals surface area (Å²) in [6, 6.07) is 11.1. The first-order valence-electron chi connectivity index (χ1n) is 9.87. The normalized spacial score (nSPS) is 21.2. The quantitative estimate of drug-likeness (QED) is 0.597. The number of hydrogen-bond acceptors (Lipinski definition) is 4. The number of nitrogens with zero attached hydrogens (tertiary/aromatic N) is 1. The second-order valence-electron chi connectivity index (χ2n) is 7.54. The molecule has 0 radical (unpaired) electrons. The summed E-state index contributed by atoms with van der Waals surface area (Å²) in [6.07, 6.45) is 2.89. The molecule has 3 rings (SSSR count). The second kappa shape index (κ2) is 9.39. The SMILES string of the molecule is Cc1ccccc1CCNC(=O)[C@H]1CC[C@H](NC(=O)c2cc(C#N)c[nH]2)[C@@H](O)C1. The molecule has 0 bridgehead atoms. The summed E-state index contributed by atoms with van der Waals surface area (Å²) in [4.78, 5) is 27.5. The predicted octanol–water partition coefficient (Wildman–Crippen LogP) is 1.81. The number of aliphatic hydroxyl groups is 1. The van der Waals surface area contributed by atoms with Gasteiger partial charge in [0.2, 0.25) is 5.91 Å². The van der Waals surface area contributed by atoms with Gasteiger partial charge in [0.1, 0.15) is 11.8 Å². The van der Waals surface area contributed by atoms with Gasteiger partial charge in [0.05, 0.1) is 17.7 Å². The molecule has 29 heavy (non-hydrogen) atoms. The molecule has 2 aromatic rings. The third-order valence-electron chi connectivity index (χ3n) is 5.52. The lowest BCUT2D eigenvalue weighted by Gasteiger charge is -2.32. The first-order chi connectivity index (χ1) is 14.0. The number of nitriles is 1. The van der Waals surface area contributed by atoms with Gasteiger partial charge in [-0.3, -0.25) is 9.59 Å². The third kappa shape index (κ3) is 5.24. The van der Waals surface area contributed by atoms with E-state index in [-0.39, 0.29) is 23.4 Å². The molecule has 1 heterocycles. The Kier molecular flexibility index (Phi) is 6.68. The summed E-state index contributed by atoms with van der Waals surface area (Å²) in [7, 11) is 0. The van der Waals surface area contributed by atoms with Gasteiger partial charge < -0.3 is 20.7 Å². The van der Waals surface area contributed by atoms with Crippen LogP contribution in [0, 0.1) is 24.2 Å². The van der Waals surface area contributed by atoms with E-state index in [0.29, 0.717) is 31.4 Å². The van der Waals surface area contributed by atoms with Crippen molar-refractivity contribution in [2.24, 2.45) is 5.92 Å². The average molecular weight is 394 g/mol. The molecule has 2 amide bonds. The predicted molar refractivity (Wildman–Crippen MR) is 108 cm³/mol. The zero-order valence-corrected chi connectivity index (χ0v) is 16.4. The van der Waals surface area contributed by atoms with Crippen molar-refractivity contribution < 1.29 is 14.7 Å². The van der Waals surface area contributed by atoms with Crippen molar-refractivity contribution in [3.8, 4) is 6.07 Å². The number of aryl methyl sites for hydroxylation is 1. The van der Waals surface area contributed by atoms with Crippen LogP contribution in [0.2, 0.25) is 0 Å². The highest BCUT2D eigenvalue weighted by Gasteiger charge is 2.33. The molecule has 1 aromatic carbocycles. The second-order valence-corrected chi connectivity index (χ2v) is 7.54. The van der Waals surface area contributed by atoms with Gasteiger partial charge in [-0.25, -0.2) is 0 Å². The molecule has 1 aliphatic carbocycles. The van der Waals surface area contributed by atoms with Gasteiger partial charge >= 0.3 is 0 Å². The van der Waals surface area contributed by atoms with E-state index >= 15 is 0 Å². The molecule has 0 aliphatic heterocycles. The summed E-state index contributed by atoms with van der Waals surface area (Å²) >= 11 is 0. The van der Waals surface area contributed by atoms with E-state index < -0.39 is 12.1 Å². The Hall–Kier alpha value is -3.11. The highest BCUT2D eigenvalue weighted by atomic mass is 16.3. The molecule has 1 fully saturated rings. The Labute approximate surface area is 170 Å². The van der Waals surface area contributed by atoms with E-state index in [9.17, 15) is 14.7 Å². The van der Waals surface area contributed by atoms with Crippen molar-refractivity contribution in [2.75, 3.05) is 6.54 Å².